The lowest BCUT2D eigenvalue weighted by molar-refractivity contribution is -0.137. The van der Waals surface area contributed by atoms with Crippen LogP contribution in [0.1, 0.15) is 32.7 Å². The Morgan fingerprint density at radius 3 is 2.05 bits per heavy atom. The molecule has 5 rings (SSSR count). The number of carbonyl (C=O) groups is 3. The molecule has 1 aromatic heterocycles. The molecule has 0 atom stereocenters. The molecule has 0 saturated heterocycles. The van der Waals surface area contributed by atoms with E-state index in [1.165, 1.54) is 4.90 Å². The van der Waals surface area contributed by atoms with Gasteiger partial charge in [-0.05, 0) is 46.3 Å². The van der Waals surface area contributed by atoms with E-state index in [0.29, 0.717) is 22.3 Å². The molecular weight excluding hydrogens is 514 g/mol. The summed E-state index contributed by atoms with van der Waals surface area (Å²) in [5, 5.41) is 11.3. The van der Waals surface area contributed by atoms with Gasteiger partial charge in [0.05, 0.1) is 12.1 Å². The second-order valence-corrected chi connectivity index (χ2v) is 9.69. The molecule has 1 heterocycles. The van der Waals surface area contributed by atoms with Crippen molar-refractivity contribution in [2.75, 3.05) is 18.5 Å². The fraction of sp³-hybridized carbons (Fsp3) is 0.118. The lowest BCUT2D eigenvalue weighted by atomic mass is 9.93. The first-order chi connectivity index (χ1) is 19.9. The number of anilines is 1. The van der Waals surface area contributed by atoms with Gasteiger partial charge in [0.15, 0.2) is 0 Å². The number of aliphatic carboxylic acids is 1. The Labute approximate surface area is 238 Å². The number of aromatic nitrogens is 1. The number of carboxylic acid groups (broad SMARTS) is 1. The van der Waals surface area contributed by atoms with Gasteiger partial charge in [-0.3, -0.25) is 19.4 Å². The number of pyridine rings is 1. The summed E-state index contributed by atoms with van der Waals surface area (Å²) in [4.78, 5) is 46.6. The summed E-state index contributed by atoms with van der Waals surface area (Å²) >= 11 is 0. The molecule has 0 spiro atoms. The van der Waals surface area contributed by atoms with Gasteiger partial charge in [-0.2, -0.15) is 0 Å². The highest BCUT2D eigenvalue weighted by atomic mass is 16.4. The fourth-order valence-corrected chi connectivity index (χ4v) is 4.97. The lowest BCUT2D eigenvalue weighted by Crippen LogP contribution is -2.33. The van der Waals surface area contributed by atoms with Crippen LogP contribution in [0.4, 0.5) is 5.69 Å². The van der Waals surface area contributed by atoms with Crippen LogP contribution in [0, 0.1) is 0 Å². The summed E-state index contributed by atoms with van der Waals surface area (Å²) in [6.07, 6.45) is 3.11. The molecule has 2 amide bonds. The van der Waals surface area contributed by atoms with Gasteiger partial charge in [-0.1, -0.05) is 78.9 Å². The highest BCUT2D eigenvalue weighted by Crippen LogP contribution is 2.32. The minimum Gasteiger partial charge on any atom is -0.481 e. The van der Waals surface area contributed by atoms with Crippen molar-refractivity contribution in [3.63, 3.8) is 0 Å². The van der Waals surface area contributed by atoms with Crippen molar-refractivity contribution >= 4 is 34.2 Å². The summed E-state index contributed by atoms with van der Waals surface area (Å²) in [6, 6.07) is 31.7. The molecule has 0 bridgehead atoms. The Morgan fingerprint density at radius 1 is 0.732 bits per heavy atom. The summed E-state index contributed by atoms with van der Waals surface area (Å²) in [5.41, 5.74) is 3.62. The molecule has 41 heavy (non-hydrogen) atoms. The summed E-state index contributed by atoms with van der Waals surface area (Å²) in [7, 11) is 1.75. The number of rotatable bonds is 9. The van der Waals surface area contributed by atoms with Crippen LogP contribution in [0.3, 0.4) is 0 Å². The average Bonchev–Trinajstić information content (AvgIpc) is 3.02. The van der Waals surface area contributed by atoms with Crippen LogP contribution in [-0.4, -0.2) is 46.4 Å². The monoisotopic (exact) mass is 543 g/mol. The maximum absolute atomic E-state index is 14.0. The predicted octanol–water partition coefficient (Wildman–Crippen LogP) is 6.30. The smallest absolute Gasteiger partial charge is 0.305 e. The molecule has 0 aliphatic carbocycles. The minimum atomic E-state index is -0.991. The van der Waals surface area contributed by atoms with Crippen LogP contribution in [0.15, 0.2) is 116 Å². The number of nitrogens with zero attached hydrogens (tertiary/aromatic N) is 3. The lowest BCUT2D eigenvalue weighted by Gasteiger charge is -2.24. The van der Waals surface area contributed by atoms with Gasteiger partial charge in [0.2, 0.25) is 0 Å². The molecule has 0 fully saturated rings. The number of hydrogen-bond donors (Lipinski definition) is 1. The molecule has 7 heteroatoms. The molecular formula is C34H29N3O4. The Morgan fingerprint density at radius 2 is 1.37 bits per heavy atom. The molecule has 7 nitrogen and oxygen atoms in total. The second kappa shape index (κ2) is 12.3. The van der Waals surface area contributed by atoms with Gasteiger partial charge in [-0.15, -0.1) is 0 Å². The molecule has 0 unspecified atom stereocenters. The van der Waals surface area contributed by atoms with Crippen LogP contribution in [-0.2, 0) is 11.3 Å². The Balaban J connectivity index is 1.53. The highest BCUT2D eigenvalue weighted by molar-refractivity contribution is 6.14. The third kappa shape index (κ3) is 5.99. The zero-order valence-electron chi connectivity index (χ0n) is 22.6. The van der Waals surface area contributed by atoms with E-state index in [1.807, 2.05) is 72.8 Å². The molecule has 0 radical (unpaired) electrons. The quantitative estimate of drug-likeness (QED) is 0.236. The first-order valence-corrected chi connectivity index (χ1v) is 13.3. The molecule has 5 aromatic rings. The number of hydrogen-bond acceptors (Lipinski definition) is 4. The van der Waals surface area contributed by atoms with Gasteiger partial charge < -0.3 is 14.9 Å². The number of carboxylic acids is 1. The third-order valence-corrected chi connectivity index (χ3v) is 7.02. The van der Waals surface area contributed by atoms with E-state index in [2.05, 4.69) is 4.98 Å². The largest absolute Gasteiger partial charge is 0.481 e. The summed E-state index contributed by atoms with van der Waals surface area (Å²) < 4.78 is 0. The molecule has 4 aromatic carbocycles. The molecule has 204 valence electrons. The summed E-state index contributed by atoms with van der Waals surface area (Å²) in [5.74, 6) is -1.53. The topological polar surface area (TPSA) is 90.8 Å². The minimum absolute atomic E-state index is 0.0296. The van der Waals surface area contributed by atoms with E-state index in [0.717, 1.165) is 22.0 Å². The normalized spacial score (nSPS) is 10.8. The zero-order chi connectivity index (χ0) is 28.8. The first kappa shape index (κ1) is 27.3. The van der Waals surface area contributed by atoms with Gasteiger partial charge in [0.1, 0.15) is 0 Å². The van der Waals surface area contributed by atoms with Crippen molar-refractivity contribution in [3.8, 4) is 11.1 Å². The van der Waals surface area contributed by atoms with Crippen LogP contribution in [0.25, 0.3) is 21.9 Å². The van der Waals surface area contributed by atoms with E-state index in [-0.39, 0.29) is 31.3 Å². The van der Waals surface area contributed by atoms with Gasteiger partial charge in [0, 0.05) is 49.0 Å². The highest BCUT2D eigenvalue weighted by Gasteiger charge is 2.24. The van der Waals surface area contributed by atoms with Crippen molar-refractivity contribution < 1.29 is 19.5 Å². The van der Waals surface area contributed by atoms with E-state index < -0.39 is 5.97 Å². The molecule has 1 N–H and O–H groups in total. The molecule has 0 saturated carbocycles. The number of benzene rings is 4. The van der Waals surface area contributed by atoms with E-state index in [9.17, 15) is 19.5 Å². The third-order valence-electron chi connectivity index (χ3n) is 7.02. The van der Waals surface area contributed by atoms with Crippen LogP contribution >= 0.6 is 0 Å². The Hall–Kier alpha value is -5.30. The van der Waals surface area contributed by atoms with Crippen molar-refractivity contribution in [2.24, 2.45) is 0 Å². The van der Waals surface area contributed by atoms with Crippen LogP contribution < -0.4 is 4.90 Å². The van der Waals surface area contributed by atoms with Crippen molar-refractivity contribution in [1.29, 1.82) is 0 Å². The average molecular weight is 544 g/mol. The van der Waals surface area contributed by atoms with E-state index in [1.54, 1.807) is 54.7 Å². The van der Waals surface area contributed by atoms with Crippen LogP contribution in [0.5, 0.6) is 0 Å². The predicted molar refractivity (Wildman–Crippen MR) is 160 cm³/mol. The van der Waals surface area contributed by atoms with Gasteiger partial charge in [-0.25, -0.2) is 0 Å². The Kier molecular flexibility index (Phi) is 8.15. The SMILES string of the molecule is CN(C(=O)c1ccccc1-c1ccccc1C(=O)N(CCC(=O)O)Cc1cccnc1)c1cccc2ccccc12. The van der Waals surface area contributed by atoms with Gasteiger partial charge >= 0.3 is 5.97 Å². The van der Waals surface area contributed by atoms with E-state index >= 15 is 0 Å². The Bertz CT molecular complexity index is 1710. The fourth-order valence-electron chi connectivity index (χ4n) is 4.97. The van der Waals surface area contributed by atoms with Crippen LogP contribution in [0.2, 0.25) is 0 Å². The van der Waals surface area contributed by atoms with E-state index in [4.69, 9.17) is 0 Å². The van der Waals surface area contributed by atoms with Crippen molar-refractivity contribution in [3.05, 3.63) is 132 Å². The second-order valence-electron chi connectivity index (χ2n) is 9.69. The molecule has 0 aliphatic rings. The molecule has 0 aliphatic heterocycles. The summed E-state index contributed by atoms with van der Waals surface area (Å²) in [6.45, 7) is 0.237. The maximum atomic E-state index is 14.0. The van der Waals surface area contributed by atoms with Crippen molar-refractivity contribution in [2.45, 2.75) is 13.0 Å². The number of amides is 2. The zero-order valence-corrected chi connectivity index (χ0v) is 22.6. The van der Waals surface area contributed by atoms with Crippen molar-refractivity contribution in [1.82, 2.24) is 9.88 Å². The first-order valence-electron chi connectivity index (χ1n) is 13.3. The maximum Gasteiger partial charge on any atom is 0.305 e. The standard InChI is InChI=1S/C34H29N3O4/c1-36(31-18-8-12-25-11-2-3-13-26(25)31)33(40)29-16-6-4-14-27(29)28-15-5-7-17-30(28)34(41)37(21-19-32(38)39)23-24-10-9-20-35-22-24/h2-18,20,22H,19,21,23H2,1H3,(H,38,39). The number of fused-ring (bicyclic) bond motifs is 1. The number of carbonyl (C=O) groups excluding carboxylic acids is 2. The van der Waals surface area contributed by atoms with Gasteiger partial charge in [0.25, 0.3) is 11.8 Å².